The molecule has 45 heavy (non-hydrogen) atoms. The zero-order chi connectivity index (χ0) is 30.9. The molecule has 1 aliphatic carbocycles. The van der Waals surface area contributed by atoms with Crippen LogP contribution in [0.1, 0.15) is 52.5 Å². The van der Waals surface area contributed by atoms with Crippen LogP contribution in [0.3, 0.4) is 0 Å². The molecule has 0 bridgehead atoms. The normalized spacial score (nSPS) is 20.1. The minimum absolute atomic E-state index is 0.103. The Morgan fingerprint density at radius 3 is 1.53 bits per heavy atom. The summed E-state index contributed by atoms with van der Waals surface area (Å²) >= 11 is 2.75. The number of hydrogen-bond acceptors (Lipinski definition) is 12. The van der Waals surface area contributed by atoms with Gasteiger partial charge in [0.15, 0.2) is 0 Å². The standard InChI is InChI=1S/C29H30F2N10O2S2/c30-18-12-40(13-18)22-5-3-20(32-10-22)8-24(42)34-28-38-36-26(44-28)16-1-2-17(7-16)27-37-39-29(45-27)35-25(43)9-21-4-6-23(11-33-21)41-14-19(31)15-41/h3-6,10-11,16-19H,1-2,7-9,12-15H2,(H,34,38,42)(H,35,39,43)/t16-,17-/m0/s1. The Kier molecular flexibility index (Phi) is 8.31. The number of halogens is 2. The summed E-state index contributed by atoms with van der Waals surface area (Å²) in [7, 11) is 0. The van der Waals surface area contributed by atoms with Crippen molar-refractivity contribution in [1.82, 2.24) is 30.4 Å². The lowest BCUT2D eigenvalue weighted by Gasteiger charge is -2.36. The van der Waals surface area contributed by atoms with Crippen molar-refractivity contribution in [1.29, 1.82) is 0 Å². The lowest BCUT2D eigenvalue weighted by Crippen LogP contribution is -2.48. The molecule has 0 unspecified atom stereocenters. The van der Waals surface area contributed by atoms with Gasteiger partial charge in [-0.3, -0.25) is 19.6 Å². The van der Waals surface area contributed by atoms with Crippen molar-refractivity contribution in [3.63, 3.8) is 0 Å². The lowest BCUT2D eigenvalue weighted by atomic mass is 10.1. The first kappa shape index (κ1) is 29.5. The minimum Gasteiger partial charge on any atom is -0.364 e. The zero-order valence-corrected chi connectivity index (χ0v) is 25.7. The van der Waals surface area contributed by atoms with E-state index in [9.17, 15) is 18.4 Å². The monoisotopic (exact) mass is 652 g/mol. The van der Waals surface area contributed by atoms with Gasteiger partial charge >= 0.3 is 0 Å². The highest BCUT2D eigenvalue weighted by Gasteiger charge is 2.32. The highest BCUT2D eigenvalue weighted by atomic mass is 32.1. The van der Waals surface area contributed by atoms with Crippen molar-refractivity contribution >= 4 is 56.1 Å². The molecule has 4 aromatic heterocycles. The molecule has 6 heterocycles. The van der Waals surface area contributed by atoms with E-state index in [1.54, 1.807) is 24.5 Å². The minimum atomic E-state index is -0.789. The fraction of sp³-hybridized carbons (Fsp3) is 0.448. The smallest absolute Gasteiger partial charge is 0.232 e. The summed E-state index contributed by atoms with van der Waals surface area (Å²) in [6.07, 6.45) is 4.62. The molecular formula is C29H30F2N10O2S2. The average Bonchev–Trinajstić information content (AvgIpc) is 3.76. The molecule has 2 aliphatic heterocycles. The van der Waals surface area contributed by atoms with Crippen LogP contribution in [0.2, 0.25) is 0 Å². The molecule has 0 aromatic carbocycles. The second kappa shape index (κ2) is 12.7. The molecule has 0 radical (unpaired) electrons. The van der Waals surface area contributed by atoms with Gasteiger partial charge in [-0.1, -0.05) is 22.7 Å². The molecular weight excluding hydrogens is 623 g/mol. The molecule has 3 aliphatic rings. The maximum atomic E-state index is 13.1. The molecule has 2 N–H and O–H groups in total. The van der Waals surface area contributed by atoms with Crippen molar-refractivity contribution in [3.8, 4) is 0 Å². The molecule has 4 aromatic rings. The first-order chi connectivity index (χ1) is 21.8. The number of carbonyl (C=O) groups excluding carboxylic acids is 2. The van der Waals surface area contributed by atoms with E-state index in [0.29, 0.717) is 47.8 Å². The molecule has 2 amide bonds. The fourth-order valence-corrected chi connectivity index (χ4v) is 7.49. The van der Waals surface area contributed by atoms with E-state index in [2.05, 4.69) is 41.0 Å². The summed E-state index contributed by atoms with van der Waals surface area (Å²) in [6, 6.07) is 7.27. The topological polar surface area (TPSA) is 142 Å². The van der Waals surface area contributed by atoms with Gasteiger partial charge in [-0.05, 0) is 43.5 Å². The van der Waals surface area contributed by atoms with Crippen LogP contribution in [-0.2, 0) is 22.4 Å². The maximum absolute atomic E-state index is 13.1. The molecule has 0 spiro atoms. The van der Waals surface area contributed by atoms with Crippen LogP contribution in [0.5, 0.6) is 0 Å². The van der Waals surface area contributed by atoms with E-state index in [0.717, 1.165) is 40.7 Å². The molecule has 12 nitrogen and oxygen atoms in total. The van der Waals surface area contributed by atoms with Gasteiger partial charge < -0.3 is 20.4 Å². The van der Waals surface area contributed by atoms with Gasteiger partial charge in [0, 0.05) is 23.2 Å². The molecule has 3 fully saturated rings. The zero-order valence-electron chi connectivity index (χ0n) is 24.1. The Balaban J connectivity index is 0.866. The van der Waals surface area contributed by atoms with Crippen LogP contribution in [0.15, 0.2) is 36.7 Å². The maximum Gasteiger partial charge on any atom is 0.232 e. The largest absolute Gasteiger partial charge is 0.364 e. The quantitative estimate of drug-likeness (QED) is 0.259. The lowest BCUT2D eigenvalue weighted by molar-refractivity contribution is -0.116. The second-order valence-electron chi connectivity index (χ2n) is 11.6. The number of amides is 2. The van der Waals surface area contributed by atoms with Crippen LogP contribution in [0.25, 0.3) is 0 Å². The van der Waals surface area contributed by atoms with E-state index in [1.165, 1.54) is 22.7 Å². The number of carbonyl (C=O) groups is 2. The fourth-order valence-electron chi connectivity index (χ4n) is 5.67. The van der Waals surface area contributed by atoms with E-state index >= 15 is 0 Å². The van der Waals surface area contributed by atoms with Crippen molar-refractivity contribution in [2.75, 3.05) is 46.6 Å². The van der Waals surface area contributed by atoms with Crippen LogP contribution < -0.4 is 20.4 Å². The summed E-state index contributed by atoms with van der Waals surface area (Å²) in [5.41, 5.74) is 2.94. The number of nitrogens with zero attached hydrogens (tertiary/aromatic N) is 8. The van der Waals surface area contributed by atoms with Crippen molar-refractivity contribution in [2.45, 2.75) is 56.3 Å². The molecule has 16 heteroatoms. The number of rotatable bonds is 10. The van der Waals surface area contributed by atoms with Gasteiger partial charge in [0.25, 0.3) is 0 Å². The Morgan fingerprint density at radius 2 is 1.16 bits per heavy atom. The summed E-state index contributed by atoms with van der Waals surface area (Å²) < 4.78 is 26.2. The van der Waals surface area contributed by atoms with Gasteiger partial charge in [-0.25, -0.2) is 8.78 Å². The Morgan fingerprint density at radius 1 is 0.711 bits per heavy atom. The number of nitrogens with one attached hydrogen (secondary N) is 2. The van der Waals surface area contributed by atoms with E-state index < -0.39 is 12.3 Å². The van der Waals surface area contributed by atoms with Gasteiger partial charge in [0.2, 0.25) is 22.1 Å². The summed E-state index contributed by atoms with van der Waals surface area (Å²) in [4.78, 5) is 37.7. The van der Waals surface area contributed by atoms with E-state index in [1.807, 2.05) is 21.9 Å². The third-order valence-electron chi connectivity index (χ3n) is 8.21. The van der Waals surface area contributed by atoms with Crippen LogP contribution >= 0.6 is 22.7 Å². The van der Waals surface area contributed by atoms with Crippen molar-refractivity contribution in [2.24, 2.45) is 0 Å². The number of pyridine rings is 2. The van der Waals surface area contributed by atoms with Gasteiger partial charge in [-0.15, -0.1) is 20.4 Å². The highest BCUT2D eigenvalue weighted by molar-refractivity contribution is 7.15. The Bertz CT molecular complexity index is 1530. The van der Waals surface area contributed by atoms with E-state index in [-0.39, 0.29) is 36.5 Å². The van der Waals surface area contributed by atoms with Crippen molar-refractivity contribution < 1.29 is 18.4 Å². The predicted molar refractivity (Wildman–Crippen MR) is 167 cm³/mol. The number of hydrogen-bond donors (Lipinski definition) is 2. The third-order valence-corrected chi connectivity index (χ3v) is 10.2. The van der Waals surface area contributed by atoms with Gasteiger partial charge in [0.1, 0.15) is 22.4 Å². The second-order valence-corrected chi connectivity index (χ2v) is 13.6. The molecule has 234 valence electrons. The molecule has 2 atom stereocenters. The summed E-state index contributed by atoms with van der Waals surface area (Å²) in [6.45, 7) is 1.51. The number of anilines is 4. The number of alkyl halides is 2. The predicted octanol–water partition coefficient (Wildman–Crippen LogP) is 3.91. The van der Waals surface area contributed by atoms with E-state index in [4.69, 9.17) is 0 Å². The molecule has 2 saturated heterocycles. The summed E-state index contributed by atoms with van der Waals surface area (Å²) in [5.74, 6) is -0.0648. The SMILES string of the molecule is O=C(Cc1ccc(N2CC(F)C2)cn1)Nc1nnc([C@H]2CC[C@H](c3nnc(NC(=O)Cc4ccc(N5CC(F)C5)cn4)s3)C2)s1. The van der Waals surface area contributed by atoms with Gasteiger partial charge in [0.05, 0.1) is 62.8 Å². The van der Waals surface area contributed by atoms with Crippen LogP contribution in [-0.4, -0.2) is 80.7 Å². The first-order valence-electron chi connectivity index (χ1n) is 14.8. The molecule has 7 rings (SSSR count). The Labute approximate surface area is 265 Å². The van der Waals surface area contributed by atoms with Crippen LogP contribution in [0.4, 0.5) is 30.4 Å². The van der Waals surface area contributed by atoms with Gasteiger partial charge in [-0.2, -0.15) is 0 Å². The molecule has 1 saturated carbocycles. The average molecular weight is 653 g/mol. The first-order valence-corrected chi connectivity index (χ1v) is 16.4. The van der Waals surface area contributed by atoms with Crippen molar-refractivity contribution in [3.05, 3.63) is 58.1 Å². The van der Waals surface area contributed by atoms with Crippen LogP contribution in [0, 0.1) is 0 Å². The number of aromatic nitrogens is 6. The summed E-state index contributed by atoms with van der Waals surface area (Å²) in [5, 5.41) is 25.3. The third kappa shape index (κ3) is 6.91. The Hall–Kier alpha value is -4.18. The highest BCUT2D eigenvalue weighted by Crippen LogP contribution is 2.45.